The largest absolute Gasteiger partial charge is 0.396 e. The first-order chi connectivity index (χ1) is 9.93. The average molecular weight is 289 g/mol. The highest BCUT2D eigenvalue weighted by Gasteiger charge is 2.21. The molecule has 0 bridgehead atoms. The zero-order chi connectivity index (χ0) is 15.6. The van der Waals surface area contributed by atoms with Crippen LogP contribution in [0, 0.1) is 26.7 Å². The van der Waals surface area contributed by atoms with Gasteiger partial charge in [-0.2, -0.15) is 0 Å². The molecule has 0 atom stereocenters. The highest BCUT2D eigenvalue weighted by molar-refractivity contribution is 5.97. The summed E-state index contributed by atoms with van der Waals surface area (Å²) in [6.45, 7) is 11.2. The predicted octanol–water partition coefficient (Wildman–Crippen LogP) is 3.02. The van der Waals surface area contributed by atoms with E-state index < -0.39 is 0 Å². The van der Waals surface area contributed by atoms with Crippen LogP contribution in [-0.4, -0.2) is 35.5 Å². The summed E-state index contributed by atoms with van der Waals surface area (Å²) in [5.41, 5.74) is 5.69. The van der Waals surface area contributed by atoms with Gasteiger partial charge in [-0.25, -0.2) is 0 Å². The van der Waals surface area contributed by atoms with E-state index in [2.05, 4.69) is 24.8 Å². The number of hydrogen-bond acceptors (Lipinski definition) is 3. The number of Topliss-reactive ketones (excluding diaryl/α,β-unsaturated/α-hetero) is 1. The number of carbonyl (C=O) groups is 1. The summed E-state index contributed by atoms with van der Waals surface area (Å²) in [5.74, 6) is 0.625. The molecule has 116 valence electrons. The zero-order valence-corrected chi connectivity index (χ0v) is 13.7. The van der Waals surface area contributed by atoms with E-state index in [0.29, 0.717) is 12.5 Å². The molecule has 0 spiro atoms. The van der Waals surface area contributed by atoms with E-state index in [1.165, 1.54) is 11.1 Å². The van der Waals surface area contributed by atoms with Crippen molar-refractivity contribution in [3.8, 4) is 0 Å². The van der Waals surface area contributed by atoms with Crippen molar-refractivity contribution in [3.63, 3.8) is 0 Å². The first-order valence-electron chi connectivity index (χ1n) is 7.87. The molecule has 0 unspecified atom stereocenters. The Morgan fingerprint density at radius 2 is 1.86 bits per heavy atom. The maximum absolute atomic E-state index is 11.9. The lowest BCUT2D eigenvalue weighted by Gasteiger charge is -2.32. The van der Waals surface area contributed by atoms with E-state index in [0.717, 1.165) is 49.2 Å². The molecule has 1 heterocycles. The highest BCUT2D eigenvalue weighted by Crippen LogP contribution is 2.26. The van der Waals surface area contributed by atoms with Gasteiger partial charge in [0.2, 0.25) is 0 Å². The number of aliphatic hydroxyl groups excluding tert-OH is 1. The average Bonchev–Trinajstić information content (AvgIpc) is 2.43. The van der Waals surface area contributed by atoms with Gasteiger partial charge in [-0.15, -0.1) is 0 Å². The maximum Gasteiger partial charge on any atom is 0.160 e. The Balaban J connectivity index is 2.21. The van der Waals surface area contributed by atoms with Crippen molar-refractivity contribution in [2.45, 2.75) is 47.1 Å². The molecule has 1 fully saturated rings. The molecule has 1 aromatic rings. The molecule has 1 saturated heterocycles. The predicted molar refractivity (Wildman–Crippen MR) is 85.7 cm³/mol. The van der Waals surface area contributed by atoms with E-state index in [9.17, 15) is 9.90 Å². The summed E-state index contributed by atoms with van der Waals surface area (Å²) in [6, 6.07) is 2.14. The van der Waals surface area contributed by atoms with Crippen molar-refractivity contribution >= 4 is 5.78 Å². The number of nitrogens with zero attached hydrogens (tertiary/aromatic N) is 1. The SMILES string of the molecule is CC(=O)c1c(C)cc(C)c(CN2CCC(CO)CC2)c1C. The molecule has 1 aliphatic heterocycles. The Morgan fingerprint density at radius 1 is 1.24 bits per heavy atom. The van der Waals surface area contributed by atoms with Crippen LogP contribution < -0.4 is 0 Å². The minimum atomic E-state index is 0.158. The molecule has 21 heavy (non-hydrogen) atoms. The second-order valence-electron chi connectivity index (χ2n) is 6.45. The van der Waals surface area contributed by atoms with Gasteiger partial charge >= 0.3 is 0 Å². The Morgan fingerprint density at radius 3 is 2.38 bits per heavy atom. The molecule has 0 amide bonds. The van der Waals surface area contributed by atoms with E-state index in [4.69, 9.17) is 0 Å². The lowest BCUT2D eigenvalue weighted by atomic mass is 9.90. The Kier molecular flexibility index (Phi) is 5.17. The van der Waals surface area contributed by atoms with Gasteiger partial charge in [0.1, 0.15) is 0 Å². The van der Waals surface area contributed by atoms with Crippen LogP contribution in [-0.2, 0) is 6.54 Å². The van der Waals surface area contributed by atoms with E-state index >= 15 is 0 Å². The molecule has 3 heteroatoms. The zero-order valence-electron chi connectivity index (χ0n) is 13.7. The van der Waals surface area contributed by atoms with Crippen molar-refractivity contribution < 1.29 is 9.90 Å². The van der Waals surface area contributed by atoms with Crippen molar-refractivity contribution in [1.82, 2.24) is 4.90 Å². The number of ketones is 1. The van der Waals surface area contributed by atoms with Crippen molar-refractivity contribution in [2.24, 2.45) is 5.92 Å². The van der Waals surface area contributed by atoms with Gasteiger partial charge in [0, 0.05) is 18.7 Å². The van der Waals surface area contributed by atoms with Crippen LogP contribution in [0.25, 0.3) is 0 Å². The molecule has 0 saturated carbocycles. The standard InChI is InChI=1S/C18H27NO2/c1-12-9-13(2)18(15(4)21)14(3)17(12)10-19-7-5-16(11-20)6-8-19/h9,16,20H,5-8,10-11H2,1-4H3. The van der Waals surface area contributed by atoms with Crippen LogP contribution in [0.5, 0.6) is 0 Å². The van der Waals surface area contributed by atoms with Gasteiger partial charge in [-0.3, -0.25) is 9.69 Å². The van der Waals surface area contributed by atoms with E-state index in [1.54, 1.807) is 6.92 Å². The molecule has 2 rings (SSSR count). The maximum atomic E-state index is 11.9. The third-order valence-electron chi connectivity index (χ3n) is 4.83. The van der Waals surface area contributed by atoms with Gasteiger partial charge in [0.25, 0.3) is 0 Å². The first kappa shape index (κ1) is 16.2. The van der Waals surface area contributed by atoms with Gasteiger partial charge in [0.05, 0.1) is 0 Å². The van der Waals surface area contributed by atoms with Crippen LogP contribution in [0.15, 0.2) is 6.07 Å². The minimum Gasteiger partial charge on any atom is -0.396 e. The third-order valence-corrected chi connectivity index (χ3v) is 4.83. The summed E-state index contributed by atoms with van der Waals surface area (Å²) >= 11 is 0. The van der Waals surface area contributed by atoms with Crippen LogP contribution in [0.2, 0.25) is 0 Å². The summed E-state index contributed by atoms with van der Waals surface area (Å²) in [4.78, 5) is 14.3. The van der Waals surface area contributed by atoms with Gasteiger partial charge in [-0.1, -0.05) is 6.07 Å². The summed E-state index contributed by atoms with van der Waals surface area (Å²) in [6.07, 6.45) is 2.14. The molecule has 1 N–H and O–H groups in total. The molecule has 0 radical (unpaired) electrons. The Hall–Kier alpha value is -1.19. The normalized spacial score (nSPS) is 17.2. The molecule has 1 aliphatic rings. The number of hydrogen-bond donors (Lipinski definition) is 1. The summed E-state index contributed by atoms with van der Waals surface area (Å²) < 4.78 is 0. The number of carbonyl (C=O) groups excluding carboxylic acids is 1. The van der Waals surface area contributed by atoms with Gasteiger partial charge in [-0.05, 0) is 81.8 Å². The molecule has 1 aromatic carbocycles. The van der Waals surface area contributed by atoms with Crippen LogP contribution in [0.4, 0.5) is 0 Å². The smallest absolute Gasteiger partial charge is 0.160 e. The number of likely N-dealkylation sites (tertiary alicyclic amines) is 1. The molecule has 3 nitrogen and oxygen atoms in total. The topological polar surface area (TPSA) is 40.5 Å². The van der Waals surface area contributed by atoms with Crippen molar-refractivity contribution in [3.05, 3.63) is 33.9 Å². The van der Waals surface area contributed by atoms with Crippen LogP contribution >= 0.6 is 0 Å². The Bertz CT molecular complexity index is 529. The lowest BCUT2D eigenvalue weighted by Crippen LogP contribution is -2.34. The molecule has 0 aliphatic carbocycles. The number of benzene rings is 1. The van der Waals surface area contributed by atoms with Crippen LogP contribution in [0.3, 0.4) is 0 Å². The highest BCUT2D eigenvalue weighted by atomic mass is 16.3. The monoisotopic (exact) mass is 289 g/mol. The Labute approximate surface area is 128 Å². The number of rotatable bonds is 4. The number of aryl methyl sites for hydroxylation is 2. The minimum absolute atomic E-state index is 0.158. The fourth-order valence-electron chi connectivity index (χ4n) is 3.56. The van der Waals surface area contributed by atoms with Crippen molar-refractivity contribution in [1.29, 1.82) is 0 Å². The molecular formula is C18H27NO2. The number of piperidine rings is 1. The molecular weight excluding hydrogens is 262 g/mol. The third kappa shape index (κ3) is 3.53. The lowest BCUT2D eigenvalue weighted by molar-refractivity contribution is 0.101. The second kappa shape index (κ2) is 6.71. The summed E-state index contributed by atoms with van der Waals surface area (Å²) in [7, 11) is 0. The number of aliphatic hydroxyl groups is 1. The van der Waals surface area contributed by atoms with E-state index in [1.807, 2.05) is 6.92 Å². The molecule has 0 aromatic heterocycles. The van der Waals surface area contributed by atoms with Gasteiger partial charge in [0.15, 0.2) is 5.78 Å². The first-order valence-corrected chi connectivity index (χ1v) is 7.87. The fourth-order valence-corrected chi connectivity index (χ4v) is 3.56. The summed E-state index contributed by atoms with van der Waals surface area (Å²) in [5, 5.41) is 9.23. The van der Waals surface area contributed by atoms with Crippen LogP contribution in [0.1, 0.15) is 52.4 Å². The quantitative estimate of drug-likeness (QED) is 0.866. The van der Waals surface area contributed by atoms with Crippen molar-refractivity contribution in [2.75, 3.05) is 19.7 Å². The van der Waals surface area contributed by atoms with Gasteiger partial charge < -0.3 is 5.11 Å². The fraction of sp³-hybridized carbons (Fsp3) is 0.611. The second-order valence-corrected chi connectivity index (χ2v) is 6.45. The van der Waals surface area contributed by atoms with E-state index in [-0.39, 0.29) is 5.78 Å².